The van der Waals surface area contributed by atoms with Gasteiger partial charge in [-0.3, -0.25) is 0 Å². The molecule has 0 aliphatic heterocycles. The van der Waals surface area contributed by atoms with Crippen molar-refractivity contribution in [3.8, 4) is 17.3 Å². The smallest absolute Gasteiger partial charge is 0.190 e. The molecular formula is C14H10ClN5. The van der Waals surface area contributed by atoms with Gasteiger partial charge in [0.05, 0.1) is 0 Å². The second-order valence-electron chi connectivity index (χ2n) is 4.33. The minimum atomic E-state index is 0.300. The van der Waals surface area contributed by atoms with Gasteiger partial charge in [0, 0.05) is 29.5 Å². The quantitative estimate of drug-likeness (QED) is 0.803. The maximum absolute atomic E-state index is 8.94. The van der Waals surface area contributed by atoms with Crippen molar-refractivity contribution in [3.05, 3.63) is 59.0 Å². The Morgan fingerprint density at radius 3 is 2.75 bits per heavy atom. The van der Waals surface area contributed by atoms with Gasteiger partial charge in [-0.05, 0) is 23.8 Å². The summed E-state index contributed by atoms with van der Waals surface area (Å²) in [5.74, 6) is 0. The van der Waals surface area contributed by atoms with Crippen LogP contribution < -0.4 is 0 Å². The minimum absolute atomic E-state index is 0.300. The average molecular weight is 284 g/mol. The highest BCUT2D eigenvalue weighted by atomic mass is 35.5. The number of nitrogens with one attached hydrogen (secondary N) is 1. The first kappa shape index (κ1) is 12.5. The highest BCUT2D eigenvalue weighted by molar-refractivity contribution is 6.30. The largest absolute Gasteiger partial charge is 0.349 e. The zero-order valence-corrected chi connectivity index (χ0v) is 11.2. The number of rotatable bonds is 3. The summed E-state index contributed by atoms with van der Waals surface area (Å²) in [5.41, 5.74) is 2.89. The van der Waals surface area contributed by atoms with Crippen molar-refractivity contribution in [1.82, 2.24) is 20.0 Å². The van der Waals surface area contributed by atoms with Crippen LogP contribution in [0.15, 0.2) is 42.7 Å². The van der Waals surface area contributed by atoms with Gasteiger partial charge in [-0.15, -0.1) is 5.10 Å². The molecule has 5 nitrogen and oxygen atoms in total. The van der Waals surface area contributed by atoms with Gasteiger partial charge in [0.1, 0.15) is 11.8 Å². The predicted molar refractivity (Wildman–Crippen MR) is 75.1 cm³/mol. The molecule has 2 heterocycles. The molecule has 6 heteroatoms. The summed E-state index contributed by atoms with van der Waals surface area (Å²) in [6.07, 6.45) is 3.88. The Labute approximate surface area is 120 Å². The van der Waals surface area contributed by atoms with Crippen LogP contribution in [0.2, 0.25) is 5.02 Å². The first-order chi connectivity index (χ1) is 9.76. The molecule has 0 unspecified atom stereocenters. The Bertz CT molecular complexity index is 763. The van der Waals surface area contributed by atoms with Crippen LogP contribution in [0.5, 0.6) is 0 Å². The highest BCUT2D eigenvalue weighted by Gasteiger charge is 2.10. The van der Waals surface area contributed by atoms with Gasteiger partial charge < -0.3 is 4.57 Å². The number of aromatic amines is 1. The van der Waals surface area contributed by atoms with E-state index >= 15 is 0 Å². The van der Waals surface area contributed by atoms with Gasteiger partial charge in [-0.1, -0.05) is 23.7 Å². The van der Waals surface area contributed by atoms with Crippen LogP contribution >= 0.6 is 11.6 Å². The van der Waals surface area contributed by atoms with Gasteiger partial charge in [0.15, 0.2) is 5.69 Å². The van der Waals surface area contributed by atoms with Gasteiger partial charge in [0.2, 0.25) is 0 Å². The van der Waals surface area contributed by atoms with E-state index in [1.807, 2.05) is 53.4 Å². The Morgan fingerprint density at radius 2 is 2.00 bits per heavy atom. The summed E-state index contributed by atoms with van der Waals surface area (Å²) in [6, 6.07) is 11.6. The third-order valence-electron chi connectivity index (χ3n) is 2.96. The third-order valence-corrected chi connectivity index (χ3v) is 3.21. The number of nitriles is 1. The number of hydrogen-bond donors (Lipinski definition) is 1. The van der Waals surface area contributed by atoms with Crippen LogP contribution in [0.1, 0.15) is 11.3 Å². The van der Waals surface area contributed by atoms with Crippen LogP contribution in [0.3, 0.4) is 0 Å². The summed E-state index contributed by atoms with van der Waals surface area (Å²) < 4.78 is 2.02. The van der Waals surface area contributed by atoms with Crippen molar-refractivity contribution in [1.29, 1.82) is 5.26 Å². The molecule has 0 amide bonds. The van der Waals surface area contributed by atoms with Crippen molar-refractivity contribution >= 4 is 11.6 Å². The fourth-order valence-electron chi connectivity index (χ4n) is 1.99. The Kier molecular flexibility index (Phi) is 3.23. The maximum atomic E-state index is 8.94. The Balaban J connectivity index is 1.84. The van der Waals surface area contributed by atoms with E-state index in [1.165, 1.54) is 0 Å². The number of hydrogen-bond acceptors (Lipinski definition) is 3. The molecule has 0 fully saturated rings. The van der Waals surface area contributed by atoms with E-state index in [9.17, 15) is 0 Å². The molecule has 3 rings (SSSR count). The lowest BCUT2D eigenvalue weighted by Crippen LogP contribution is -1.95. The third kappa shape index (κ3) is 2.42. The van der Waals surface area contributed by atoms with E-state index in [0.29, 0.717) is 11.4 Å². The molecule has 3 aromatic rings. The summed E-state index contributed by atoms with van der Waals surface area (Å²) in [5, 5.41) is 19.9. The molecule has 0 spiro atoms. The SMILES string of the molecule is N#Cc1n[nH]nc1-c1ccn(Cc2ccc(Cl)cc2)c1. The van der Waals surface area contributed by atoms with E-state index in [-0.39, 0.29) is 0 Å². The first-order valence-electron chi connectivity index (χ1n) is 5.98. The Hall–Kier alpha value is -2.58. The number of H-pyrrole nitrogens is 1. The summed E-state index contributed by atoms with van der Waals surface area (Å²) in [4.78, 5) is 0. The number of aromatic nitrogens is 4. The van der Waals surface area contributed by atoms with Crippen LogP contribution in [0.25, 0.3) is 11.3 Å². The summed E-state index contributed by atoms with van der Waals surface area (Å²) in [7, 11) is 0. The molecule has 98 valence electrons. The van der Waals surface area contributed by atoms with E-state index in [4.69, 9.17) is 16.9 Å². The van der Waals surface area contributed by atoms with Crippen LogP contribution in [-0.4, -0.2) is 20.0 Å². The molecule has 1 N–H and O–H groups in total. The van der Waals surface area contributed by atoms with Crippen LogP contribution in [0, 0.1) is 11.3 Å². The predicted octanol–water partition coefficient (Wildman–Crippen LogP) is 2.85. The number of benzene rings is 1. The summed E-state index contributed by atoms with van der Waals surface area (Å²) >= 11 is 5.86. The van der Waals surface area contributed by atoms with Gasteiger partial charge in [-0.2, -0.15) is 15.6 Å². The lowest BCUT2D eigenvalue weighted by molar-refractivity contribution is 0.806. The molecular weight excluding hydrogens is 274 g/mol. The highest BCUT2D eigenvalue weighted by Crippen LogP contribution is 2.20. The number of halogens is 1. The number of nitrogens with zero attached hydrogens (tertiary/aromatic N) is 4. The molecule has 0 atom stereocenters. The summed E-state index contributed by atoms with van der Waals surface area (Å²) in [6.45, 7) is 0.733. The first-order valence-corrected chi connectivity index (χ1v) is 6.35. The Morgan fingerprint density at radius 1 is 1.20 bits per heavy atom. The van der Waals surface area contributed by atoms with E-state index in [1.54, 1.807) is 0 Å². The topological polar surface area (TPSA) is 70.3 Å². The average Bonchev–Trinajstić information content (AvgIpc) is 3.09. The molecule has 20 heavy (non-hydrogen) atoms. The van der Waals surface area contributed by atoms with E-state index < -0.39 is 0 Å². The van der Waals surface area contributed by atoms with Gasteiger partial charge in [-0.25, -0.2) is 0 Å². The van der Waals surface area contributed by atoms with Crippen LogP contribution in [0.4, 0.5) is 0 Å². The fraction of sp³-hybridized carbons (Fsp3) is 0.0714. The molecule has 0 saturated heterocycles. The van der Waals surface area contributed by atoms with Crippen molar-refractivity contribution in [2.45, 2.75) is 6.54 Å². The normalized spacial score (nSPS) is 10.4. The van der Waals surface area contributed by atoms with Crippen molar-refractivity contribution < 1.29 is 0 Å². The monoisotopic (exact) mass is 283 g/mol. The minimum Gasteiger partial charge on any atom is -0.349 e. The zero-order valence-electron chi connectivity index (χ0n) is 10.4. The second-order valence-corrected chi connectivity index (χ2v) is 4.77. The van der Waals surface area contributed by atoms with Crippen molar-refractivity contribution in [3.63, 3.8) is 0 Å². The molecule has 0 bridgehead atoms. The standard InChI is InChI=1S/C14H10ClN5/c15-12-3-1-10(2-4-12)8-20-6-5-11(9-20)14-13(7-16)17-19-18-14/h1-6,9H,8H2,(H,17,18,19). The second kappa shape index (κ2) is 5.19. The molecule has 0 saturated carbocycles. The van der Waals surface area contributed by atoms with Crippen LogP contribution in [-0.2, 0) is 6.54 Å². The van der Waals surface area contributed by atoms with Crippen molar-refractivity contribution in [2.75, 3.05) is 0 Å². The maximum Gasteiger partial charge on any atom is 0.190 e. The lowest BCUT2D eigenvalue weighted by atomic mass is 10.2. The molecule has 0 aliphatic carbocycles. The van der Waals surface area contributed by atoms with E-state index in [2.05, 4.69) is 15.4 Å². The fourth-order valence-corrected chi connectivity index (χ4v) is 2.12. The zero-order chi connectivity index (χ0) is 13.9. The molecule has 0 radical (unpaired) electrons. The molecule has 1 aromatic carbocycles. The van der Waals surface area contributed by atoms with Gasteiger partial charge >= 0.3 is 0 Å². The van der Waals surface area contributed by atoms with E-state index in [0.717, 1.165) is 22.7 Å². The lowest BCUT2D eigenvalue weighted by Gasteiger charge is -2.03. The van der Waals surface area contributed by atoms with Gasteiger partial charge in [0.25, 0.3) is 0 Å². The van der Waals surface area contributed by atoms with Crippen molar-refractivity contribution in [2.24, 2.45) is 0 Å². The molecule has 2 aromatic heterocycles. The molecule has 0 aliphatic rings.